The summed E-state index contributed by atoms with van der Waals surface area (Å²) in [7, 11) is 0. The van der Waals surface area contributed by atoms with Gasteiger partial charge in [0.15, 0.2) is 0 Å². The summed E-state index contributed by atoms with van der Waals surface area (Å²) in [5, 5.41) is 4.26. The van der Waals surface area contributed by atoms with Crippen LogP contribution in [0.15, 0.2) is 39.5 Å². The van der Waals surface area contributed by atoms with Crippen molar-refractivity contribution in [1.29, 1.82) is 0 Å². The van der Waals surface area contributed by atoms with E-state index in [2.05, 4.69) is 45.7 Å². The number of thiophene rings is 1. The summed E-state index contributed by atoms with van der Waals surface area (Å²) in [5.41, 5.74) is 8.58. The van der Waals surface area contributed by atoms with Crippen LogP contribution in [0.2, 0.25) is 0 Å². The van der Waals surface area contributed by atoms with Gasteiger partial charge in [0, 0.05) is 16.9 Å². The number of hydrogen-bond donors (Lipinski definition) is 1. The van der Waals surface area contributed by atoms with Crippen LogP contribution < -0.4 is 10.5 Å². The Morgan fingerprint density at radius 1 is 1.35 bits per heavy atom. The second-order valence-electron chi connectivity index (χ2n) is 4.86. The van der Waals surface area contributed by atoms with E-state index in [4.69, 9.17) is 10.5 Å². The monoisotopic (exact) mass is 353 g/mol. The number of nitrogens with two attached hydrogens (primary N) is 1. The highest BCUT2D eigenvalue weighted by atomic mass is 79.9. The molecule has 0 aliphatic carbocycles. The molecule has 1 heterocycles. The molecule has 108 valence electrons. The Morgan fingerprint density at radius 2 is 2.20 bits per heavy atom. The zero-order valence-corrected chi connectivity index (χ0v) is 14.0. The molecule has 2 N–H and O–H groups in total. The van der Waals surface area contributed by atoms with Crippen molar-refractivity contribution in [2.45, 2.75) is 32.2 Å². The van der Waals surface area contributed by atoms with Gasteiger partial charge in [-0.25, -0.2) is 0 Å². The molecule has 20 heavy (non-hydrogen) atoms. The molecule has 1 atom stereocenters. The van der Waals surface area contributed by atoms with Crippen LogP contribution in [-0.2, 0) is 12.8 Å². The maximum atomic E-state index is 6.03. The molecular formula is C16H20BrNOS. The van der Waals surface area contributed by atoms with Gasteiger partial charge in [-0.2, -0.15) is 11.3 Å². The van der Waals surface area contributed by atoms with E-state index in [1.165, 1.54) is 11.1 Å². The molecule has 0 saturated heterocycles. The van der Waals surface area contributed by atoms with Crippen molar-refractivity contribution in [1.82, 2.24) is 0 Å². The zero-order valence-electron chi connectivity index (χ0n) is 11.6. The number of halogens is 1. The molecule has 1 unspecified atom stereocenters. The Labute approximate surface area is 133 Å². The van der Waals surface area contributed by atoms with E-state index in [0.717, 1.165) is 29.5 Å². The van der Waals surface area contributed by atoms with Crippen molar-refractivity contribution in [3.63, 3.8) is 0 Å². The minimum Gasteiger partial charge on any atom is -0.493 e. The van der Waals surface area contributed by atoms with Crippen molar-refractivity contribution in [3.8, 4) is 5.75 Å². The largest absolute Gasteiger partial charge is 0.493 e. The van der Waals surface area contributed by atoms with Gasteiger partial charge in [-0.1, -0.05) is 22.9 Å². The first-order valence-corrected chi connectivity index (χ1v) is 8.60. The minimum atomic E-state index is 0.201. The van der Waals surface area contributed by atoms with E-state index in [1.807, 2.05) is 12.1 Å². The second-order valence-corrected chi connectivity index (χ2v) is 6.49. The Kier molecular flexibility index (Phi) is 6.07. The van der Waals surface area contributed by atoms with Gasteiger partial charge >= 0.3 is 0 Å². The van der Waals surface area contributed by atoms with Crippen LogP contribution in [0.5, 0.6) is 5.75 Å². The Bertz CT molecular complexity index is 527. The fourth-order valence-electron chi connectivity index (χ4n) is 1.95. The van der Waals surface area contributed by atoms with Crippen molar-refractivity contribution in [2.75, 3.05) is 6.61 Å². The molecule has 0 saturated carbocycles. The lowest BCUT2D eigenvalue weighted by atomic mass is 10.0. The van der Waals surface area contributed by atoms with E-state index >= 15 is 0 Å². The Hall–Kier alpha value is -0.840. The van der Waals surface area contributed by atoms with E-state index in [0.29, 0.717) is 6.61 Å². The van der Waals surface area contributed by atoms with Crippen LogP contribution >= 0.6 is 27.3 Å². The van der Waals surface area contributed by atoms with Gasteiger partial charge in [0.25, 0.3) is 0 Å². The number of benzene rings is 1. The standard InChI is InChI=1S/C16H20BrNOS/c1-2-14(18)9-13-10-15(3-4-16(13)17)19-7-5-12-6-8-20-11-12/h3-4,6,8,10-11,14H,2,5,7,9,18H2,1H3. The lowest BCUT2D eigenvalue weighted by Gasteiger charge is -2.13. The summed E-state index contributed by atoms with van der Waals surface area (Å²) in [6.45, 7) is 2.82. The van der Waals surface area contributed by atoms with E-state index in [9.17, 15) is 0 Å². The van der Waals surface area contributed by atoms with Crippen LogP contribution in [0.25, 0.3) is 0 Å². The topological polar surface area (TPSA) is 35.2 Å². The summed E-state index contributed by atoms with van der Waals surface area (Å²) in [5.74, 6) is 0.918. The van der Waals surface area contributed by atoms with Crippen molar-refractivity contribution >= 4 is 27.3 Å². The molecule has 1 aromatic heterocycles. The van der Waals surface area contributed by atoms with Crippen molar-refractivity contribution < 1.29 is 4.74 Å². The molecule has 0 spiro atoms. The van der Waals surface area contributed by atoms with Gasteiger partial charge in [-0.05, 0) is 59.0 Å². The highest BCUT2D eigenvalue weighted by Gasteiger charge is 2.07. The lowest BCUT2D eigenvalue weighted by Crippen LogP contribution is -2.21. The fraction of sp³-hybridized carbons (Fsp3) is 0.375. The molecular weight excluding hydrogens is 334 g/mol. The van der Waals surface area contributed by atoms with Gasteiger partial charge in [-0.15, -0.1) is 0 Å². The van der Waals surface area contributed by atoms with Gasteiger partial charge in [0.05, 0.1) is 6.61 Å². The number of rotatable bonds is 7. The highest BCUT2D eigenvalue weighted by Crippen LogP contribution is 2.24. The van der Waals surface area contributed by atoms with Crippen LogP contribution in [0.1, 0.15) is 24.5 Å². The van der Waals surface area contributed by atoms with Crippen LogP contribution in [0.3, 0.4) is 0 Å². The molecule has 2 nitrogen and oxygen atoms in total. The quantitative estimate of drug-likeness (QED) is 0.799. The third kappa shape index (κ3) is 4.62. The molecule has 1 aromatic carbocycles. The molecule has 0 amide bonds. The predicted octanol–water partition coefficient (Wildman–Crippen LogP) is 4.41. The molecule has 0 bridgehead atoms. The van der Waals surface area contributed by atoms with E-state index < -0.39 is 0 Å². The maximum Gasteiger partial charge on any atom is 0.119 e. The van der Waals surface area contributed by atoms with Crippen molar-refractivity contribution in [2.24, 2.45) is 5.73 Å². The first kappa shape index (κ1) is 15.5. The third-order valence-corrected chi connectivity index (χ3v) is 4.77. The zero-order chi connectivity index (χ0) is 14.4. The summed E-state index contributed by atoms with van der Waals surface area (Å²) in [6.07, 6.45) is 2.80. The van der Waals surface area contributed by atoms with Gasteiger partial charge in [0.1, 0.15) is 5.75 Å². The highest BCUT2D eigenvalue weighted by molar-refractivity contribution is 9.10. The van der Waals surface area contributed by atoms with Crippen LogP contribution in [-0.4, -0.2) is 12.6 Å². The average Bonchev–Trinajstić information content (AvgIpc) is 2.95. The van der Waals surface area contributed by atoms with Gasteiger partial charge < -0.3 is 10.5 Å². The molecule has 4 heteroatoms. The van der Waals surface area contributed by atoms with Crippen LogP contribution in [0, 0.1) is 0 Å². The van der Waals surface area contributed by atoms with E-state index in [-0.39, 0.29) is 6.04 Å². The number of hydrogen-bond acceptors (Lipinski definition) is 3. The first-order chi connectivity index (χ1) is 9.69. The Balaban J connectivity index is 1.92. The average molecular weight is 354 g/mol. The van der Waals surface area contributed by atoms with Crippen LogP contribution in [0.4, 0.5) is 0 Å². The molecule has 0 aliphatic rings. The maximum absolute atomic E-state index is 6.03. The SMILES string of the molecule is CCC(N)Cc1cc(OCCc2ccsc2)ccc1Br. The number of ether oxygens (including phenoxy) is 1. The molecule has 0 aliphatic heterocycles. The Morgan fingerprint density at radius 3 is 2.90 bits per heavy atom. The summed E-state index contributed by atoms with van der Waals surface area (Å²) in [6, 6.07) is 8.47. The molecule has 0 fully saturated rings. The molecule has 0 radical (unpaired) electrons. The summed E-state index contributed by atoms with van der Waals surface area (Å²) >= 11 is 5.30. The van der Waals surface area contributed by atoms with Crippen molar-refractivity contribution in [3.05, 3.63) is 50.6 Å². The second kappa shape index (κ2) is 7.81. The van der Waals surface area contributed by atoms with E-state index in [1.54, 1.807) is 11.3 Å². The van der Waals surface area contributed by atoms with Gasteiger partial charge in [-0.3, -0.25) is 0 Å². The summed E-state index contributed by atoms with van der Waals surface area (Å²) < 4.78 is 6.94. The summed E-state index contributed by atoms with van der Waals surface area (Å²) in [4.78, 5) is 0. The molecule has 2 rings (SSSR count). The molecule has 2 aromatic rings. The normalized spacial score (nSPS) is 12.3. The van der Waals surface area contributed by atoms with Gasteiger partial charge in [0.2, 0.25) is 0 Å². The first-order valence-electron chi connectivity index (χ1n) is 6.87. The predicted molar refractivity (Wildman–Crippen MR) is 89.6 cm³/mol. The smallest absolute Gasteiger partial charge is 0.119 e. The minimum absolute atomic E-state index is 0.201. The fourth-order valence-corrected chi connectivity index (χ4v) is 3.06. The lowest BCUT2D eigenvalue weighted by molar-refractivity contribution is 0.321. The third-order valence-electron chi connectivity index (χ3n) is 3.26.